The summed E-state index contributed by atoms with van der Waals surface area (Å²) in [5.74, 6) is 0.674. The normalized spacial score (nSPS) is 28.5. The van der Waals surface area contributed by atoms with Gasteiger partial charge in [0.2, 0.25) is 0 Å². The Bertz CT molecular complexity index is 239. The Kier molecular flexibility index (Phi) is 3.52. The fraction of sp³-hybridized carbons (Fsp3) is 1.00. The van der Waals surface area contributed by atoms with E-state index in [-0.39, 0.29) is 5.41 Å². The van der Waals surface area contributed by atoms with E-state index >= 15 is 0 Å². The van der Waals surface area contributed by atoms with Crippen LogP contribution >= 0.6 is 0 Å². The van der Waals surface area contributed by atoms with Crippen LogP contribution < -0.4 is 0 Å². The minimum absolute atomic E-state index is 0.254. The molecule has 0 radical (unpaired) electrons. The maximum absolute atomic E-state index is 6.01. The zero-order valence-electron chi connectivity index (χ0n) is 12.5. The van der Waals surface area contributed by atoms with E-state index in [1.54, 1.807) is 0 Å². The van der Waals surface area contributed by atoms with Crippen molar-refractivity contribution in [3.8, 4) is 0 Å². The molecule has 0 aromatic heterocycles. The van der Waals surface area contributed by atoms with Crippen molar-refractivity contribution in [2.45, 2.75) is 67.9 Å². The van der Waals surface area contributed by atoms with Crippen molar-refractivity contribution in [3.63, 3.8) is 0 Å². The highest BCUT2D eigenvalue weighted by molar-refractivity contribution is 4.97. The van der Waals surface area contributed by atoms with Crippen LogP contribution in [0.5, 0.6) is 0 Å². The number of hydrogen-bond donors (Lipinski definition) is 0. The van der Waals surface area contributed by atoms with Crippen molar-refractivity contribution in [1.82, 2.24) is 0 Å². The fourth-order valence-electron chi connectivity index (χ4n) is 2.74. The van der Waals surface area contributed by atoms with E-state index in [4.69, 9.17) is 4.74 Å². The molecule has 0 aromatic carbocycles. The molecule has 0 aliphatic carbocycles. The first-order valence-electron chi connectivity index (χ1n) is 6.59. The van der Waals surface area contributed by atoms with Gasteiger partial charge in [0.1, 0.15) is 0 Å². The molecular weight excluding hydrogens is 196 g/mol. The van der Waals surface area contributed by atoms with Gasteiger partial charge < -0.3 is 4.74 Å². The summed E-state index contributed by atoms with van der Waals surface area (Å²) in [5, 5.41) is 0. The molecule has 16 heavy (non-hydrogen) atoms. The van der Waals surface area contributed by atoms with E-state index in [1.807, 2.05) is 0 Å². The Labute approximate surface area is 102 Å². The highest BCUT2D eigenvalue weighted by Crippen LogP contribution is 2.52. The number of ether oxygens (including phenoxy) is 1. The van der Waals surface area contributed by atoms with Gasteiger partial charge in [0.05, 0.1) is 6.10 Å². The van der Waals surface area contributed by atoms with Gasteiger partial charge in [0, 0.05) is 6.61 Å². The van der Waals surface area contributed by atoms with Crippen LogP contribution in [0, 0.1) is 22.2 Å². The molecule has 0 saturated carbocycles. The third kappa shape index (κ3) is 2.45. The van der Waals surface area contributed by atoms with Gasteiger partial charge in [-0.3, -0.25) is 0 Å². The van der Waals surface area contributed by atoms with Crippen LogP contribution in [0.4, 0.5) is 0 Å². The highest BCUT2D eigenvalue weighted by Gasteiger charge is 2.49. The standard InChI is InChI=1S/C15H30O/c1-13(2,3)12-11(9-10-16-12)15(7,8)14(4,5)6/h11-12H,9-10H2,1-8H3. The van der Waals surface area contributed by atoms with Gasteiger partial charge >= 0.3 is 0 Å². The maximum atomic E-state index is 6.01. The first kappa shape index (κ1) is 14.0. The fourth-order valence-corrected chi connectivity index (χ4v) is 2.74. The summed E-state index contributed by atoms with van der Waals surface area (Å²) in [4.78, 5) is 0. The van der Waals surface area contributed by atoms with Crippen LogP contribution in [0.3, 0.4) is 0 Å². The lowest BCUT2D eigenvalue weighted by atomic mass is 9.58. The zero-order valence-corrected chi connectivity index (χ0v) is 12.5. The quantitative estimate of drug-likeness (QED) is 0.639. The Morgan fingerprint density at radius 2 is 1.38 bits per heavy atom. The molecule has 96 valence electrons. The van der Waals surface area contributed by atoms with E-state index < -0.39 is 0 Å². The Balaban J connectivity index is 2.96. The molecule has 0 aromatic rings. The van der Waals surface area contributed by atoms with Crippen molar-refractivity contribution in [3.05, 3.63) is 0 Å². The summed E-state index contributed by atoms with van der Waals surface area (Å²) in [6.45, 7) is 19.7. The highest BCUT2D eigenvalue weighted by atomic mass is 16.5. The summed E-state index contributed by atoms with van der Waals surface area (Å²) in [6, 6.07) is 0. The zero-order chi connectivity index (χ0) is 12.8. The molecule has 1 aliphatic rings. The molecule has 1 saturated heterocycles. The minimum Gasteiger partial charge on any atom is -0.377 e. The van der Waals surface area contributed by atoms with Gasteiger partial charge in [-0.1, -0.05) is 55.4 Å². The van der Waals surface area contributed by atoms with Crippen LogP contribution in [0.25, 0.3) is 0 Å². The lowest BCUT2D eigenvalue weighted by molar-refractivity contribution is -0.0527. The first-order valence-corrected chi connectivity index (χ1v) is 6.59. The largest absolute Gasteiger partial charge is 0.377 e. The first-order chi connectivity index (χ1) is 6.98. The predicted octanol–water partition coefficient (Wildman–Crippen LogP) is 4.51. The second-order valence-electron chi connectivity index (χ2n) is 8.02. The van der Waals surface area contributed by atoms with E-state index in [0.29, 0.717) is 22.9 Å². The molecule has 1 heteroatoms. The average molecular weight is 226 g/mol. The van der Waals surface area contributed by atoms with Crippen LogP contribution in [0.2, 0.25) is 0 Å². The molecule has 0 bridgehead atoms. The third-order valence-corrected chi connectivity index (χ3v) is 4.81. The second kappa shape index (κ2) is 4.01. The molecule has 0 N–H and O–H groups in total. The molecule has 0 spiro atoms. The summed E-state index contributed by atoms with van der Waals surface area (Å²) < 4.78 is 6.01. The van der Waals surface area contributed by atoms with Crippen LogP contribution in [0.15, 0.2) is 0 Å². The van der Waals surface area contributed by atoms with Crippen molar-refractivity contribution in [2.24, 2.45) is 22.2 Å². The summed E-state index contributed by atoms with van der Waals surface area (Å²) in [6.07, 6.45) is 1.62. The Hall–Kier alpha value is -0.0400. The van der Waals surface area contributed by atoms with Crippen molar-refractivity contribution in [2.75, 3.05) is 6.61 Å². The van der Waals surface area contributed by atoms with Crippen molar-refractivity contribution < 1.29 is 4.74 Å². The van der Waals surface area contributed by atoms with Crippen LogP contribution in [-0.2, 0) is 4.74 Å². The van der Waals surface area contributed by atoms with Gasteiger partial charge in [-0.2, -0.15) is 0 Å². The molecule has 1 nitrogen and oxygen atoms in total. The Morgan fingerprint density at radius 1 is 0.875 bits per heavy atom. The lowest BCUT2D eigenvalue weighted by Crippen LogP contribution is -2.45. The molecule has 1 aliphatic heterocycles. The van der Waals surface area contributed by atoms with E-state index in [2.05, 4.69) is 55.4 Å². The summed E-state index contributed by atoms with van der Waals surface area (Å²) >= 11 is 0. The topological polar surface area (TPSA) is 9.23 Å². The van der Waals surface area contributed by atoms with E-state index in [1.165, 1.54) is 6.42 Å². The van der Waals surface area contributed by atoms with Crippen LogP contribution in [0.1, 0.15) is 61.8 Å². The van der Waals surface area contributed by atoms with Gasteiger partial charge in [0.15, 0.2) is 0 Å². The number of rotatable bonds is 1. The van der Waals surface area contributed by atoms with Crippen molar-refractivity contribution in [1.29, 1.82) is 0 Å². The summed E-state index contributed by atoms with van der Waals surface area (Å²) in [5.41, 5.74) is 0.903. The molecular formula is C15H30O. The average Bonchev–Trinajstić information content (AvgIpc) is 2.47. The smallest absolute Gasteiger partial charge is 0.0657 e. The Morgan fingerprint density at radius 3 is 1.75 bits per heavy atom. The SMILES string of the molecule is CC(C)(C)C1OCCC1C(C)(C)C(C)(C)C. The van der Waals surface area contributed by atoms with Gasteiger partial charge in [-0.15, -0.1) is 0 Å². The van der Waals surface area contributed by atoms with Crippen molar-refractivity contribution >= 4 is 0 Å². The van der Waals surface area contributed by atoms with E-state index in [0.717, 1.165) is 6.61 Å². The molecule has 0 amide bonds. The second-order valence-corrected chi connectivity index (χ2v) is 8.02. The van der Waals surface area contributed by atoms with Gasteiger partial charge in [-0.25, -0.2) is 0 Å². The monoisotopic (exact) mass is 226 g/mol. The molecule has 1 heterocycles. The maximum Gasteiger partial charge on any atom is 0.0657 e. The lowest BCUT2D eigenvalue weighted by Gasteiger charge is -2.48. The third-order valence-electron chi connectivity index (χ3n) is 4.81. The molecule has 1 fully saturated rings. The predicted molar refractivity (Wildman–Crippen MR) is 70.5 cm³/mol. The van der Waals surface area contributed by atoms with E-state index in [9.17, 15) is 0 Å². The van der Waals surface area contributed by atoms with Gasteiger partial charge in [-0.05, 0) is 28.6 Å². The molecule has 2 atom stereocenters. The van der Waals surface area contributed by atoms with Crippen LogP contribution in [-0.4, -0.2) is 12.7 Å². The summed E-state index contributed by atoms with van der Waals surface area (Å²) in [7, 11) is 0. The van der Waals surface area contributed by atoms with Gasteiger partial charge in [0.25, 0.3) is 0 Å². The number of hydrogen-bond acceptors (Lipinski definition) is 1. The minimum atomic E-state index is 0.254. The molecule has 2 unspecified atom stereocenters. The molecule has 1 rings (SSSR count).